The van der Waals surface area contributed by atoms with Crippen molar-refractivity contribution in [1.82, 2.24) is 24.5 Å². The summed E-state index contributed by atoms with van der Waals surface area (Å²) in [4.78, 5) is 12.4. The van der Waals surface area contributed by atoms with Gasteiger partial charge in [0.1, 0.15) is 0 Å². The predicted molar refractivity (Wildman–Crippen MR) is 126 cm³/mol. The average Bonchev–Trinajstić information content (AvgIpc) is 3.29. The third kappa shape index (κ3) is 4.12. The van der Waals surface area contributed by atoms with Gasteiger partial charge in [0.2, 0.25) is 5.95 Å². The Kier molecular flexibility index (Phi) is 5.80. The van der Waals surface area contributed by atoms with Crippen LogP contribution in [-0.2, 0) is 0 Å². The van der Waals surface area contributed by atoms with Gasteiger partial charge in [0.25, 0.3) is 0 Å². The number of benzene rings is 2. The van der Waals surface area contributed by atoms with Crippen LogP contribution in [0.2, 0.25) is 0 Å². The molecule has 0 aliphatic carbocycles. The second kappa shape index (κ2) is 9.02. The first-order valence-corrected chi connectivity index (χ1v) is 11.5. The highest BCUT2D eigenvalue weighted by molar-refractivity contribution is 5.92. The number of nitrogens with zero attached hydrogens (tertiary/aromatic N) is 5. The van der Waals surface area contributed by atoms with E-state index in [0.29, 0.717) is 0 Å². The molecule has 2 aromatic carbocycles. The molecule has 0 unspecified atom stereocenters. The highest BCUT2D eigenvalue weighted by Gasteiger charge is 2.20. The molecule has 0 bridgehead atoms. The number of hydrogen-bond acceptors (Lipinski definition) is 5. The molecule has 4 aromatic rings. The third-order valence-electron chi connectivity index (χ3n) is 6.34. The van der Waals surface area contributed by atoms with Crippen molar-refractivity contribution in [2.24, 2.45) is 0 Å². The second-order valence-corrected chi connectivity index (χ2v) is 8.36. The van der Waals surface area contributed by atoms with Gasteiger partial charge in [-0.2, -0.15) is 4.52 Å². The molecule has 1 aliphatic heterocycles. The number of anilines is 1. The van der Waals surface area contributed by atoms with Crippen molar-refractivity contribution in [2.75, 3.05) is 25.0 Å². The number of piperidine rings is 1. The SMILES string of the molecule is CC[C@H]1CCCCN1CCCNc1nc2ccccc2c2nc(-c3ccccc3)nn12. The van der Waals surface area contributed by atoms with Gasteiger partial charge in [0.15, 0.2) is 11.5 Å². The summed E-state index contributed by atoms with van der Waals surface area (Å²) in [7, 11) is 0. The molecule has 6 heteroatoms. The summed E-state index contributed by atoms with van der Waals surface area (Å²) >= 11 is 0. The van der Waals surface area contributed by atoms with Crippen LogP contribution in [0.4, 0.5) is 5.95 Å². The molecule has 1 fully saturated rings. The van der Waals surface area contributed by atoms with Gasteiger partial charge in [0.05, 0.1) is 5.52 Å². The molecule has 6 nitrogen and oxygen atoms in total. The molecule has 160 valence electrons. The van der Waals surface area contributed by atoms with E-state index in [1.807, 2.05) is 53.0 Å². The average molecular weight is 415 g/mol. The van der Waals surface area contributed by atoms with E-state index in [1.54, 1.807) is 0 Å². The van der Waals surface area contributed by atoms with Gasteiger partial charge in [0, 0.05) is 30.1 Å². The Labute approximate surface area is 183 Å². The van der Waals surface area contributed by atoms with Crippen LogP contribution in [0.1, 0.15) is 39.0 Å². The van der Waals surface area contributed by atoms with Crippen molar-refractivity contribution < 1.29 is 0 Å². The third-order valence-corrected chi connectivity index (χ3v) is 6.34. The molecular weight excluding hydrogens is 384 g/mol. The number of aromatic nitrogens is 4. The monoisotopic (exact) mass is 414 g/mol. The molecule has 0 saturated carbocycles. The molecule has 0 amide bonds. The quantitative estimate of drug-likeness (QED) is 0.431. The second-order valence-electron chi connectivity index (χ2n) is 8.36. The number of likely N-dealkylation sites (tertiary alicyclic amines) is 1. The Bertz CT molecular complexity index is 1150. The largest absolute Gasteiger partial charge is 0.354 e. The smallest absolute Gasteiger partial charge is 0.226 e. The van der Waals surface area contributed by atoms with Crippen molar-refractivity contribution in [3.63, 3.8) is 0 Å². The lowest BCUT2D eigenvalue weighted by atomic mass is 10.00. The van der Waals surface area contributed by atoms with Crippen molar-refractivity contribution in [3.05, 3.63) is 54.6 Å². The minimum absolute atomic E-state index is 0.723. The standard InChI is InChI=1S/C25H30N6/c1-2-20-13-8-9-17-30(20)18-10-16-26-25-27-22-15-7-6-14-21(22)24-28-23(29-31(24)25)19-11-4-3-5-12-19/h3-7,11-12,14-15,20H,2,8-10,13,16-18H2,1H3,(H,26,27)/t20-/m0/s1. The van der Waals surface area contributed by atoms with E-state index in [1.165, 1.54) is 32.2 Å². The fraction of sp³-hybridized carbons (Fsp3) is 0.400. The Morgan fingerprint density at radius 1 is 1.00 bits per heavy atom. The zero-order chi connectivity index (χ0) is 21.0. The maximum Gasteiger partial charge on any atom is 0.226 e. The van der Waals surface area contributed by atoms with Gasteiger partial charge in [-0.25, -0.2) is 9.97 Å². The highest BCUT2D eigenvalue weighted by Crippen LogP contribution is 2.24. The van der Waals surface area contributed by atoms with Crippen LogP contribution in [0, 0.1) is 0 Å². The van der Waals surface area contributed by atoms with Gasteiger partial charge in [-0.3, -0.25) is 0 Å². The minimum Gasteiger partial charge on any atom is -0.354 e. The van der Waals surface area contributed by atoms with E-state index in [4.69, 9.17) is 15.1 Å². The molecule has 5 rings (SSSR count). The molecule has 0 spiro atoms. The normalized spacial score (nSPS) is 17.4. The molecule has 2 aromatic heterocycles. The number of hydrogen-bond donors (Lipinski definition) is 1. The van der Waals surface area contributed by atoms with Crippen LogP contribution < -0.4 is 5.32 Å². The van der Waals surface area contributed by atoms with E-state index < -0.39 is 0 Å². The van der Waals surface area contributed by atoms with Crippen molar-refractivity contribution in [2.45, 2.75) is 45.1 Å². The first kappa shape index (κ1) is 19.9. The van der Waals surface area contributed by atoms with Crippen LogP contribution in [0.25, 0.3) is 27.9 Å². The summed E-state index contributed by atoms with van der Waals surface area (Å²) in [5.41, 5.74) is 2.79. The van der Waals surface area contributed by atoms with Gasteiger partial charge in [-0.05, 0) is 44.4 Å². The number of fused-ring (bicyclic) bond motifs is 3. The van der Waals surface area contributed by atoms with E-state index in [-0.39, 0.29) is 0 Å². The van der Waals surface area contributed by atoms with Gasteiger partial charge >= 0.3 is 0 Å². The molecule has 3 heterocycles. The van der Waals surface area contributed by atoms with Gasteiger partial charge in [-0.15, -0.1) is 5.10 Å². The topological polar surface area (TPSA) is 58.3 Å². The van der Waals surface area contributed by atoms with Crippen LogP contribution in [0.5, 0.6) is 0 Å². The zero-order valence-corrected chi connectivity index (χ0v) is 18.2. The Hall–Kier alpha value is -2.99. The molecule has 31 heavy (non-hydrogen) atoms. The predicted octanol–water partition coefficient (Wildman–Crippen LogP) is 5.01. The van der Waals surface area contributed by atoms with Crippen LogP contribution in [0.3, 0.4) is 0 Å². The minimum atomic E-state index is 0.723. The lowest BCUT2D eigenvalue weighted by Crippen LogP contribution is -2.40. The van der Waals surface area contributed by atoms with Gasteiger partial charge in [-0.1, -0.05) is 55.8 Å². The highest BCUT2D eigenvalue weighted by atomic mass is 15.4. The summed E-state index contributed by atoms with van der Waals surface area (Å²) in [5, 5.41) is 9.35. The van der Waals surface area contributed by atoms with E-state index in [9.17, 15) is 0 Å². The lowest BCUT2D eigenvalue weighted by Gasteiger charge is -2.35. The Morgan fingerprint density at radius 2 is 1.84 bits per heavy atom. The van der Waals surface area contributed by atoms with Crippen molar-refractivity contribution in [1.29, 1.82) is 0 Å². The number of para-hydroxylation sites is 1. The number of nitrogens with one attached hydrogen (secondary N) is 1. The zero-order valence-electron chi connectivity index (χ0n) is 18.2. The Morgan fingerprint density at radius 3 is 2.71 bits per heavy atom. The summed E-state index contributed by atoms with van der Waals surface area (Å²) in [5.74, 6) is 1.48. The number of rotatable bonds is 7. The summed E-state index contributed by atoms with van der Waals surface area (Å²) in [6, 6.07) is 19.0. The first-order chi connectivity index (χ1) is 15.3. The molecular formula is C25H30N6. The van der Waals surface area contributed by atoms with E-state index in [2.05, 4.69) is 23.2 Å². The molecule has 1 saturated heterocycles. The summed E-state index contributed by atoms with van der Waals surface area (Å²) < 4.78 is 1.86. The van der Waals surface area contributed by atoms with Crippen LogP contribution in [0.15, 0.2) is 54.6 Å². The molecule has 1 atom stereocenters. The molecule has 0 radical (unpaired) electrons. The summed E-state index contributed by atoms with van der Waals surface area (Å²) in [6.07, 6.45) is 6.40. The fourth-order valence-corrected chi connectivity index (χ4v) is 4.68. The first-order valence-electron chi connectivity index (χ1n) is 11.5. The van der Waals surface area contributed by atoms with Crippen LogP contribution in [-0.4, -0.2) is 50.2 Å². The Balaban J connectivity index is 1.39. The summed E-state index contributed by atoms with van der Waals surface area (Å²) in [6.45, 7) is 5.55. The maximum absolute atomic E-state index is 4.86. The van der Waals surface area contributed by atoms with Gasteiger partial charge < -0.3 is 10.2 Å². The molecule has 1 N–H and O–H groups in total. The van der Waals surface area contributed by atoms with Crippen LogP contribution >= 0.6 is 0 Å². The fourth-order valence-electron chi connectivity index (χ4n) is 4.68. The maximum atomic E-state index is 4.86. The molecule has 1 aliphatic rings. The van der Waals surface area contributed by atoms with Crippen molar-refractivity contribution in [3.8, 4) is 11.4 Å². The van der Waals surface area contributed by atoms with E-state index in [0.717, 1.165) is 59.4 Å². The van der Waals surface area contributed by atoms with E-state index >= 15 is 0 Å². The lowest BCUT2D eigenvalue weighted by molar-refractivity contribution is 0.144. The van der Waals surface area contributed by atoms with Crippen molar-refractivity contribution >= 4 is 22.5 Å².